The van der Waals surface area contributed by atoms with Crippen molar-refractivity contribution in [1.29, 1.82) is 0 Å². The van der Waals surface area contributed by atoms with E-state index in [0.29, 0.717) is 18.7 Å². The van der Waals surface area contributed by atoms with E-state index in [2.05, 4.69) is 22.5 Å². The monoisotopic (exact) mass is 378 g/mol. The Morgan fingerprint density at radius 1 is 1.29 bits per heavy atom. The van der Waals surface area contributed by atoms with Crippen molar-refractivity contribution >= 4 is 23.3 Å². The molecule has 0 bridgehead atoms. The Morgan fingerprint density at radius 2 is 2.04 bits per heavy atom. The van der Waals surface area contributed by atoms with Gasteiger partial charge < -0.3 is 10.6 Å². The van der Waals surface area contributed by atoms with Gasteiger partial charge in [-0.1, -0.05) is 17.9 Å². The minimum atomic E-state index is -0.513. The van der Waals surface area contributed by atoms with Crippen molar-refractivity contribution in [2.45, 2.75) is 6.92 Å². The number of hydrogen-bond donors (Lipinski definition) is 2. The van der Waals surface area contributed by atoms with Crippen molar-refractivity contribution in [1.82, 2.24) is 10.6 Å². The van der Waals surface area contributed by atoms with Gasteiger partial charge in [0.15, 0.2) is 0 Å². The highest BCUT2D eigenvalue weighted by atomic mass is 16.6. The molecule has 0 unspecified atom stereocenters. The van der Waals surface area contributed by atoms with E-state index in [9.17, 15) is 19.7 Å². The van der Waals surface area contributed by atoms with Crippen LogP contribution in [0.1, 0.15) is 21.5 Å². The van der Waals surface area contributed by atoms with Crippen molar-refractivity contribution in [3.8, 4) is 11.8 Å². The molecule has 0 spiro atoms. The standard InChI is InChI=1S/C20H18N4O4/c1-14-17(5-2-6-18(14)24(27)28)19(25)21-11-3-4-15-7-9-16(10-8-15)23-13-12-22-20(23)26/h2,5-10H,11-13H2,1H3,(H,21,25)(H,22,26). The highest BCUT2D eigenvalue weighted by molar-refractivity contribution is 5.96. The molecular weight excluding hydrogens is 360 g/mol. The van der Waals surface area contributed by atoms with Crippen LogP contribution >= 0.6 is 0 Å². The lowest BCUT2D eigenvalue weighted by atomic mass is 10.1. The van der Waals surface area contributed by atoms with Crippen molar-refractivity contribution in [2.24, 2.45) is 0 Å². The summed E-state index contributed by atoms with van der Waals surface area (Å²) in [7, 11) is 0. The second kappa shape index (κ2) is 8.22. The number of hydrogen-bond acceptors (Lipinski definition) is 4. The SMILES string of the molecule is Cc1c(C(=O)NCC#Cc2ccc(N3CCNC3=O)cc2)cccc1[N+](=O)[O-]. The molecular formula is C20H18N4O4. The number of carbonyl (C=O) groups excluding carboxylic acids is 2. The molecule has 1 fully saturated rings. The molecule has 8 nitrogen and oxygen atoms in total. The topological polar surface area (TPSA) is 105 Å². The largest absolute Gasteiger partial charge is 0.341 e. The number of amides is 3. The van der Waals surface area contributed by atoms with Crippen molar-refractivity contribution in [2.75, 3.05) is 24.5 Å². The van der Waals surface area contributed by atoms with Gasteiger partial charge in [-0.15, -0.1) is 0 Å². The summed E-state index contributed by atoms with van der Waals surface area (Å²) in [6, 6.07) is 11.5. The Morgan fingerprint density at radius 3 is 2.68 bits per heavy atom. The van der Waals surface area contributed by atoms with Crippen LogP contribution in [0.4, 0.5) is 16.2 Å². The maximum atomic E-state index is 12.2. The quantitative estimate of drug-likeness (QED) is 0.483. The van der Waals surface area contributed by atoms with Gasteiger partial charge in [0.05, 0.1) is 11.5 Å². The fourth-order valence-corrected chi connectivity index (χ4v) is 2.88. The Kier molecular flexibility index (Phi) is 5.56. The number of nitrogens with one attached hydrogen (secondary N) is 2. The van der Waals surface area contributed by atoms with Crippen LogP contribution in [0.15, 0.2) is 42.5 Å². The summed E-state index contributed by atoms with van der Waals surface area (Å²) in [5.74, 6) is 5.37. The molecule has 1 aliphatic heterocycles. The van der Waals surface area contributed by atoms with Gasteiger partial charge in [0, 0.05) is 41.5 Å². The molecule has 0 radical (unpaired) electrons. The molecule has 28 heavy (non-hydrogen) atoms. The summed E-state index contributed by atoms with van der Waals surface area (Å²) in [4.78, 5) is 36.0. The maximum absolute atomic E-state index is 12.2. The van der Waals surface area contributed by atoms with Crippen LogP contribution in [0.25, 0.3) is 0 Å². The van der Waals surface area contributed by atoms with Crippen molar-refractivity contribution in [3.05, 3.63) is 69.3 Å². The lowest BCUT2D eigenvalue weighted by Crippen LogP contribution is -2.27. The van der Waals surface area contributed by atoms with Gasteiger partial charge in [-0.2, -0.15) is 0 Å². The van der Waals surface area contributed by atoms with Crippen LogP contribution in [0.5, 0.6) is 0 Å². The molecule has 0 saturated carbocycles. The third-order valence-electron chi connectivity index (χ3n) is 4.35. The maximum Gasteiger partial charge on any atom is 0.321 e. The Balaban J connectivity index is 1.59. The number of nitro groups is 1. The molecule has 1 saturated heterocycles. The molecule has 2 aromatic carbocycles. The zero-order valence-electron chi connectivity index (χ0n) is 15.2. The van der Waals surface area contributed by atoms with Gasteiger partial charge in [0.1, 0.15) is 0 Å². The van der Waals surface area contributed by atoms with Crippen LogP contribution in [-0.4, -0.2) is 36.5 Å². The number of nitrogens with zero attached hydrogens (tertiary/aromatic N) is 2. The predicted molar refractivity (Wildman–Crippen MR) is 104 cm³/mol. The first kappa shape index (κ1) is 18.9. The minimum Gasteiger partial charge on any atom is -0.341 e. The minimum absolute atomic E-state index is 0.0921. The first-order valence-corrected chi connectivity index (χ1v) is 8.64. The molecule has 3 amide bonds. The zero-order valence-corrected chi connectivity index (χ0v) is 15.2. The fraction of sp³-hybridized carbons (Fsp3) is 0.200. The second-order valence-corrected chi connectivity index (χ2v) is 6.12. The van der Waals surface area contributed by atoms with Gasteiger partial charge in [0.2, 0.25) is 0 Å². The van der Waals surface area contributed by atoms with E-state index >= 15 is 0 Å². The van der Waals surface area contributed by atoms with E-state index in [1.54, 1.807) is 30.0 Å². The van der Waals surface area contributed by atoms with Crippen LogP contribution in [-0.2, 0) is 0 Å². The molecule has 1 aliphatic rings. The molecule has 1 heterocycles. The highest BCUT2D eigenvalue weighted by Gasteiger charge is 2.20. The van der Waals surface area contributed by atoms with Gasteiger partial charge in [-0.25, -0.2) is 4.79 Å². The molecule has 8 heteroatoms. The number of nitro benzene ring substituents is 1. The van der Waals surface area contributed by atoms with Gasteiger partial charge in [-0.05, 0) is 37.3 Å². The number of urea groups is 1. The summed E-state index contributed by atoms with van der Waals surface area (Å²) < 4.78 is 0. The normalized spacial score (nSPS) is 12.8. The molecule has 0 aromatic heterocycles. The van der Waals surface area contributed by atoms with E-state index in [4.69, 9.17) is 0 Å². The molecule has 2 N–H and O–H groups in total. The number of anilines is 1. The lowest BCUT2D eigenvalue weighted by molar-refractivity contribution is -0.385. The average molecular weight is 378 g/mol. The van der Waals surface area contributed by atoms with Crippen molar-refractivity contribution in [3.63, 3.8) is 0 Å². The van der Waals surface area contributed by atoms with E-state index in [1.165, 1.54) is 12.1 Å². The van der Waals surface area contributed by atoms with Crippen LogP contribution in [0.2, 0.25) is 0 Å². The van der Waals surface area contributed by atoms with Crippen LogP contribution < -0.4 is 15.5 Å². The summed E-state index contributed by atoms with van der Waals surface area (Å²) in [6.07, 6.45) is 0. The van der Waals surface area contributed by atoms with E-state index in [1.807, 2.05) is 12.1 Å². The number of rotatable bonds is 4. The molecule has 142 valence electrons. The fourth-order valence-electron chi connectivity index (χ4n) is 2.88. The van der Waals surface area contributed by atoms with Crippen LogP contribution in [0.3, 0.4) is 0 Å². The van der Waals surface area contributed by atoms with E-state index in [0.717, 1.165) is 11.3 Å². The Bertz CT molecular complexity index is 990. The summed E-state index contributed by atoms with van der Waals surface area (Å²) in [5, 5.41) is 16.4. The number of carbonyl (C=O) groups is 2. The molecule has 0 atom stereocenters. The predicted octanol–water partition coefficient (Wildman–Crippen LogP) is 2.21. The van der Waals surface area contributed by atoms with Crippen molar-refractivity contribution < 1.29 is 14.5 Å². The zero-order chi connectivity index (χ0) is 20.1. The third-order valence-corrected chi connectivity index (χ3v) is 4.35. The van der Waals surface area contributed by atoms with E-state index < -0.39 is 10.8 Å². The Hall–Kier alpha value is -3.86. The van der Waals surface area contributed by atoms with Gasteiger partial charge in [-0.3, -0.25) is 19.8 Å². The summed E-state index contributed by atoms with van der Waals surface area (Å²) in [5.41, 5.74) is 2.04. The average Bonchev–Trinajstić information content (AvgIpc) is 3.11. The number of benzene rings is 2. The Labute approximate surface area is 161 Å². The first-order chi connectivity index (χ1) is 13.5. The van der Waals surface area contributed by atoms with Crippen LogP contribution in [0, 0.1) is 28.9 Å². The second-order valence-electron chi connectivity index (χ2n) is 6.12. The molecule has 0 aliphatic carbocycles. The molecule has 3 rings (SSSR count). The third kappa shape index (κ3) is 4.10. The first-order valence-electron chi connectivity index (χ1n) is 8.64. The molecule has 2 aromatic rings. The van der Waals surface area contributed by atoms with E-state index in [-0.39, 0.29) is 23.8 Å². The highest BCUT2D eigenvalue weighted by Crippen LogP contribution is 2.21. The summed E-state index contributed by atoms with van der Waals surface area (Å²) >= 11 is 0. The lowest BCUT2D eigenvalue weighted by Gasteiger charge is -2.13. The van der Waals surface area contributed by atoms with Gasteiger partial charge in [0.25, 0.3) is 11.6 Å². The van der Waals surface area contributed by atoms with Gasteiger partial charge >= 0.3 is 6.03 Å². The smallest absolute Gasteiger partial charge is 0.321 e. The summed E-state index contributed by atoms with van der Waals surface area (Å²) in [6.45, 7) is 2.91.